The Hall–Kier alpha value is -2.70. The molecule has 2 rings (SSSR count). The number of carbonyl (C=O) groups is 2. The van der Waals surface area contributed by atoms with Crippen LogP contribution in [0.2, 0.25) is 0 Å². The van der Waals surface area contributed by atoms with E-state index in [1.54, 1.807) is 22.9 Å². The van der Waals surface area contributed by atoms with Crippen molar-refractivity contribution in [2.24, 2.45) is 11.7 Å². The van der Waals surface area contributed by atoms with Crippen molar-refractivity contribution < 1.29 is 9.59 Å². The number of aromatic nitrogens is 2. The molecular formula is C17H22N4O3. The molecule has 0 aliphatic carbocycles. The minimum Gasteiger partial charge on any atom is -0.368 e. The molecule has 0 radical (unpaired) electrons. The Balaban J connectivity index is 2.08. The highest BCUT2D eigenvalue weighted by Gasteiger charge is 2.23. The normalized spacial score (nSPS) is 13.4. The molecule has 24 heavy (non-hydrogen) atoms. The zero-order chi connectivity index (χ0) is 17.7. The summed E-state index contributed by atoms with van der Waals surface area (Å²) in [6.07, 6.45) is 2.12. The smallest absolute Gasteiger partial charge is 0.240 e. The number of hydrogen-bond donors (Lipinski definition) is 2. The first-order valence-corrected chi connectivity index (χ1v) is 7.97. The number of nitrogens with one attached hydrogen (secondary N) is 1. The van der Waals surface area contributed by atoms with Crippen LogP contribution in [0.3, 0.4) is 0 Å². The van der Waals surface area contributed by atoms with Crippen LogP contribution in [0.4, 0.5) is 0 Å². The van der Waals surface area contributed by atoms with E-state index >= 15 is 0 Å². The molecule has 1 heterocycles. The summed E-state index contributed by atoms with van der Waals surface area (Å²) in [5.41, 5.74) is 5.87. The van der Waals surface area contributed by atoms with E-state index in [1.807, 2.05) is 19.9 Å². The van der Waals surface area contributed by atoms with Crippen LogP contribution < -0.4 is 16.5 Å². The van der Waals surface area contributed by atoms with Crippen LogP contribution in [0, 0.1) is 5.92 Å². The predicted molar refractivity (Wildman–Crippen MR) is 91.2 cm³/mol. The Labute approximate surface area is 139 Å². The van der Waals surface area contributed by atoms with Gasteiger partial charge in [-0.05, 0) is 18.1 Å². The number of carbonyl (C=O) groups excluding carboxylic acids is 2. The van der Waals surface area contributed by atoms with E-state index in [-0.39, 0.29) is 23.7 Å². The van der Waals surface area contributed by atoms with Gasteiger partial charge in [0.25, 0.3) is 0 Å². The van der Waals surface area contributed by atoms with Crippen molar-refractivity contribution in [3.8, 4) is 0 Å². The first-order chi connectivity index (χ1) is 11.4. The monoisotopic (exact) mass is 330 g/mol. The van der Waals surface area contributed by atoms with Gasteiger partial charge in [-0.15, -0.1) is 0 Å². The Morgan fingerprint density at radius 2 is 2.04 bits per heavy atom. The minimum absolute atomic E-state index is 0.0298. The molecule has 0 saturated carbocycles. The van der Waals surface area contributed by atoms with E-state index in [0.717, 1.165) is 6.42 Å². The van der Waals surface area contributed by atoms with E-state index < -0.39 is 11.9 Å². The molecule has 7 nitrogen and oxygen atoms in total. The van der Waals surface area contributed by atoms with Crippen LogP contribution in [-0.2, 0) is 16.1 Å². The summed E-state index contributed by atoms with van der Waals surface area (Å²) in [6, 6.07) is 6.42. The average molecular weight is 330 g/mol. The van der Waals surface area contributed by atoms with Crippen LogP contribution in [0.15, 0.2) is 35.3 Å². The fourth-order valence-corrected chi connectivity index (χ4v) is 2.52. The second-order valence-electron chi connectivity index (χ2n) is 5.83. The largest absolute Gasteiger partial charge is 0.368 e. The number of benzene rings is 1. The third-order valence-corrected chi connectivity index (χ3v) is 4.15. The second kappa shape index (κ2) is 7.72. The van der Waals surface area contributed by atoms with Crippen LogP contribution in [0.5, 0.6) is 0 Å². The van der Waals surface area contributed by atoms with Gasteiger partial charge in [0, 0.05) is 11.8 Å². The molecule has 1 aromatic carbocycles. The number of para-hydroxylation sites is 1. The zero-order valence-corrected chi connectivity index (χ0v) is 13.9. The van der Waals surface area contributed by atoms with Crippen molar-refractivity contribution in [2.45, 2.75) is 39.3 Å². The van der Waals surface area contributed by atoms with Crippen molar-refractivity contribution in [1.29, 1.82) is 0 Å². The van der Waals surface area contributed by atoms with Gasteiger partial charge in [0.1, 0.15) is 6.04 Å². The Bertz CT molecular complexity index is 800. The van der Waals surface area contributed by atoms with E-state index in [2.05, 4.69) is 10.4 Å². The number of fused-ring (bicyclic) bond motifs is 1. The molecule has 2 atom stereocenters. The van der Waals surface area contributed by atoms with Crippen molar-refractivity contribution in [3.05, 3.63) is 40.7 Å². The molecule has 128 valence electrons. The quantitative estimate of drug-likeness (QED) is 0.783. The molecular weight excluding hydrogens is 308 g/mol. The average Bonchev–Trinajstić information content (AvgIpc) is 2.58. The molecule has 2 unspecified atom stereocenters. The van der Waals surface area contributed by atoms with E-state index in [9.17, 15) is 14.4 Å². The summed E-state index contributed by atoms with van der Waals surface area (Å²) >= 11 is 0. The number of aryl methyl sites for hydroxylation is 1. The summed E-state index contributed by atoms with van der Waals surface area (Å²) in [6.45, 7) is 4.11. The van der Waals surface area contributed by atoms with Crippen molar-refractivity contribution in [3.63, 3.8) is 0 Å². The van der Waals surface area contributed by atoms with Crippen LogP contribution >= 0.6 is 0 Å². The minimum atomic E-state index is -0.679. The second-order valence-corrected chi connectivity index (χ2v) is 5.83. The lowest BCUT2D eigenvalue weighted by Crippen LogP contribution is -2.48. The van der Waals surface area contributed by atoms with Crippen molar-refractivity contribution in [2.75, 3.05) is 0 Å². The maximum absolute atomic E-state index is 12.1. The van der Waals surface area contributed by atoms with Crippen molar-refractivity contribution >= 4 is 22.7 Å². The van der Waals surface area contributed by atoms with Gasteiger partial charge >= 0.3 is 0 Å². The van der Waals surface area contributed by atoms with Crippen LogP contribution in [-0.4, -0.2) is 27.6 Å². The lowest BCUT2D eigenvalue weighted by atomic mass is 9.98. The van der Waals surface area contributed by atoms with Gasteiger partial charge in [-0.2, -0.15) is 5.10 Å². The van der Waals surface area contributed by atoms with Gasteiger partial charge in [-0.1, -0.05) is 32.4 Å². The maximum atomic E-state index is 12.1. The maximum Gasteiger partial charge on any atom is 0.240 e. The number of hydrogen-bond acceptors (Lipinski definition) is 4. The van der Waals surface area contributed by atoms with Gasteiger partial charge < -0.3 is 11.1 Å². The van der Waals surface area contributed by atoms with Gasteiger partial charge in [0.15, 0.2) is 0 Å². The molecule has 1 aromatic heterocycles. The lowest BCUT2D eigenvalue weighted by Gasteiger charge is -2.21. The number of rotatable bonds is 7. The molecule has 3 N–H and O–H groups in total. The van der Waals surface area contributed by atoms with Gasteiger partial charge in [-0.3, -0.25) is 19.1 Å². The van der Waals surface area contributed by atoms with E-state index in [1.165, 1.54) is 6.20 Å². The fourth-order valence-electron chi connectivity index (χ4n) is 2.52. The van der Waals surface area contributed by atoms with E-state index in [0.29, 0.717) is 17.4 Å². The third-order valence-electron chi connectivity index (χ3n) is 4.15. The first-order valence-electron chi connectivity index (χ1n) is 7.97. The molecule has 0 saturated heterocycles. The first kappa shape index (κ1) is 17.7. The number of nitrogens with zero attached hydrogens (tertiary/aromatic N) is 2. The highest BCUT2D eigenvalue weighted by molar-refractivity contribution is 5.86. The summed E-state index contributed by atoms with van der Waals surface area (Å²) < 4.78 is 1.61. The molecule has 7 heteroatoms. The molecule has 2 aromatic rings. The Kier molecular flexibility index (Phi) is 5.68. The SMILES string of the molecule is CCC(C)C(NC(=O)CCn1ncc(=O)c2ccccc21)C(N)=O. The summed E-state index contributed by atoms with van der Waals surface area (Å²) in [5, 5.41) is 7.31. The van der Waals surface area contributed by atoms with E-state index in [4.69, 9.17) is 5.73 Å². The molecule has 0 spiro atoms. The highest BCUT2D eigenvalue weighted by atomic mass is 16.2. The van der Waals surface area contributed by atoms with Gasteiger partial charge in [-0.25, -0.2) is 0 Å². The zero-order valence-electron chi connectivity index (χ0n) is 13.9. The molecule has 2 amide bonds. The molecule has 0 bridgehead atoms. The number of amides is 2. The third kappa shape index (κ3) is 3.98. The lowest BCUT2D eigenvalue weighted by molar-refractivity contribution is -0.128. The number of primary amides is 1. The summed E-state index contributed by atoms with van der Waals surface area (Å²) in [7, 11) is 0. The Morgan fingerprint density at radius 3 is 2.71 bits per heavy atom. The van der Waals surface area contributed by atoms with Crippen LogP contribution in [0.25, 0.3) is 10.9 Å². The standard InChI is InChI=1S/C17H22N4O3/c1-3-11(2)16(17(18)24)20-15(23)8-9-21-13-7-5-4-6-12(13)14(22)10-19-21/h4-7,10-11,16H,3,8-9H2,1-2H3,(H2,18,24)(H,20,23). The topological polar surface area (TPSA) is 107 Å². The van der Waals surface area contributed by atoms with Crippen molar-refractivity contribution in [1.82, 2.24) is 15.1 Å². The number of nitrogens with two attached hydrogens (primary N) is 1. The van der Waals surface area contributed by atoms with Crippen LogP contribution in [0.1, 0.15) is 26.7 Å². The summed E-state index contributed by atoms with van der Waals surface area (Å²) in [4.78, 5) is 35.4. The summed E-state index contributed by atoms with van der Waals surface area (Å²) in [5.74, 6) is -0.842. The van der Waals surface area contributed by atoms with Gasteiger partial charge in [0.05, 0.1) is 18.3 Å². The highest BCUT2D eigenvalue weighted by Crippen LogP contribution is 2.10. The molecule has 0 fully saturated rings. The fraction of sp³-hybridized carbons (Fsp3) is 0.412. The Morgan fingerprint density at radius 1 is 1.33 bits per heavy atom. The van der Waals surface area contributed by atoms with Gasteiger partial charge in [0.2, 0.25) is 17.2 Å². The molecule has 0 aliphatic heterocycles. The molecule has 0 aliphatic rings. The predicted octanol–water partition coefficient (Wildman–Crippen LogP) is 0.803.